The lowest BCUT2D eigenvalue weighted by atomic mass is 10.0. The highest BCUT2D eigenvalue weighted by molar-refractivity contribution is 5.97. The number of hydrogen-bond acceptors (Lipinski definition) is 4. The number of carbonyl (C=O) groups is 1. The van der Waals surface area contributed by atoms with Crippen molar-refractivity contribution < 1.29 is 14.3 Å². The normalized spacial score (nSPS) is 10.9. The molecular formula is C16H17FN2O2. The van der Waals surface area contributed by atoms with Crippen molar-refractivity contribution >= 4 is 5.78 Å². The molecule has 0 aliphatic heterocycles. The third-order valence-corrected chi connectivity index (χ3v) is 3.13. The van der Waals surface area contributed by atoms with Gasteiger partial charge in [-0.1, -0.05) is 6.07 Å². The van der Waals surface area contributed by atoms with E-state index in [0.29, 0.717) is 18.7 Å². The van der Waals surface area contributed by atoms with Gasteiger partial charge in [-0.25, -0.2) is 4.39 Å². The number of benzene rings is 1. The van der Waals surface area contributed by atoms with Crippen molar-refractivity contribution in [1.29, 1.82) is 0 Å². The second-order valence-electron chi connectivity index (χ2n) is 5.01. The Balaban J connectivity index is 2.17. The Kier molecular flexibility index (Phi) is 4.65. The minimum absolute atomic E-state index is 0.0104. The average Bonchev–Trinajstić information content (AvgIpc) is 2.43. The zero-order valence-corrected chi connectivity index (χ0v) is 12.0. The minimum atomic E-state index is -0.528. The predicted octanol–water partition coefficient (Wildman–Crippen LogP) is 2.76. The summed E-state index contributed by atoms with van der Waals surface area (Å²) in [5.74, 6) is -1.04. The van der Waals surface area contributed by atoms with E-state index >= 15 is 0 Å². The first kappa shape index (κ1) is 15.1. The first-order valence-corrected chi connectivity index (χ1v) is 6.58. The molecule has 0 saturated heterocycles. The molecule has 0 aliphatic carbocycles. The van der Waals surface area contributed by atoms with Crippen LogP contribution in [0.4, 0.5) is 4.39 Å². The van der Waals surface area contributed by atoms with Crippen LogP contribution in [-0.2, 0) is 13.1 Å². The number of hydrogen-bond donors (Lipinski definition) is 1. The molecule has 0 radical (unpaired) electrons. The topological polar surface area (TPSA) is 53.4 Å². The molecule has 110 valence electrons. The summed E-state index contributed by atoms with van der Waals surface area (Å²) in [5.41, 5.74) is 1.28. The minimum Gasteiger partial charge on any atom is -0.507 e. The summed E-state index contributed by atoms with van der Waals surface area (Å²) in [6.07, 6.45) is 1.71. The maximum absolute atomic E-state index is 13.6. The number of carbonyl (C=O) groups excluding carboxylic acids is 1. The fraction of sp³-hybridized carbons (Fsp3) is 0.250. The fourth-order valence-electron chi connectivity index (χ4n) is 2.16. The molecule has 0 spiro atoms. The highest BCUT2D eigenvalue weighted by atomic mass is 19.1. The van der Waals surface area contributed by atoms with Crippen LogP contribution in [0.3, 0.4) is 0 Å². The lowest BCUT2D eigenvalue weighted by Crippen LogP contribution is -2.18. The molecule has 2 rings (SSSR count). The average molecular weight is 288 g/mol. The molecule has 1 aromatic carbocycles. The van der Waals surface area contributed by atoms with E-state index < -0.39 is 5.82 Å². The first-order valence-electron chi connectivity index (χ1n) is 6.58. The van der Waals surface area contributed by atoms with Crippen LogP contribution in [0.15, 0.2) is 36.5 Å². The van der Waals surface area contributed by atoms with Crippen LogP contribution >= 0.6 is 0 Å². The van der Waals surface area contributed by atoms with E-state index in [0.717, 1.165) is 11.8 Å². The van der Waals surface area contributed by atoms with Crippen molar-refractivity contribution in [1.82, 2.24) is 9.88 Å². The zero-order valence-electron chi connectivity index (χ0n) is 12.0. The number of rotatable bonds is 5. The van der Waals surface area contributed by atoms with Gasteiger partial charge in [-0.15, -0.1) is 0 Å². The van der Waals surface area contributed by atoms with E-state index in [-0.39, 0.29) is 17.1 Å². The van der Waals surface area contributed by atoms with Crippen LogP contribution in [0, 0.1) is 5.82 Å². The maximum Gasteiger partial charge on any atom is 0.163 e. The lowest BCUT2D eigenvalue weighted by molar-refractivity contribution is 0.101. The Hall–Kier alpha value is -2.27. The van der Waals surface area contributed by atoms with Crippen LogP contribution in [-0.4, -0.2) is 27.8 Å². The number of Topliss-reactive ketones (excluding diaryl/α,β-unsaturated/α-hetero) is 1. The number of aromatic hydroxyl groups is 1. The van der Waals surface area contributed by atoms with Gasteiger partial charge in [0.2, 0.25) is 0 Å². The summed E-state index contributed by atoms with van der Waals surface area (Å²) < 4.78 is 13.6. The molecule has 0 atom stereocenters. The molecule has 0 unspecified atom stereocenters. The Labute approximate surface area is 122 Å². The monoisotopic (exact) mass is 288 g/mol. The lowest BCUT2D eigenvalue weighted by Gasteiger charge is -2.18. The fourth-order valence-corrected chi connectivity index (χ4v) is 2.16. The highest BCUT2D eigenvalue weighted by Crippen LogP contribution is 2.26. The van der Waals surface area contributed by atoms with Crippen molar-refractivity contribution in [3.8, 4) is 5.75 Å². The van der Waals surface area contributed by atoms with Crippen molar-refractivity contribution in [2.45, 2.75) is 20.0 Å². The van der Waals surface area contributed by atoms with Gasteiger partial charge in [0.25, 0.3) is 0 Å². The van der Waals surface area contributed by atoms with E-state index in [1.807, 2.05) is 30.1 Å². The van der Waals surface area contributed by atoms with Crippen LogP contribution in [0.2, 0.25) is 0 Å². The van der Waals surface area contributed by atoms with Gasteiger partial charge in [0.05, 0.1) is 11.3 Å². The molecule has 2 aromatic rings. The summed E-state index contributed by atoms with van der Waals surface area (Å²) >= 11 is 0. The third-order valence-electron chi connectivity index (χ3n) is 3.13. The van der Waals surface area contributed by atoms with Crippen molar-refractivity contribution in [3.05, 3.63) is 59.2 Å². The number of phenolic OH excluding ortho intramolecular Hbond substituents is 1. The number of halogens is 1. The number of ketones is 1. The highest BCUT2D eigenvalue weighted by Gasteiger charge is 2.15. The van der Waals surface area contributed by atoms with E-state index in [1.54, 1.807) is 6.20 Å². The second-order valence-corrected chi connectivity index (χ2v) is 5.01. The molecule has 0 bridgehead atoms. The largest absolute Gasteiger partial charge is 0.507 e. The van der Waals surface area contributed by atoms with E-state index in [1.165, 1.54) is 13.0 Å². The Morgan fingerprint density at radius 2 is 2.10 bits per heavy atom. The summed E-state index contributed by atoms with van der Waals surface area (Å²) in [5, 5.41) is 10.1. The van der Waals surface area contributed by atoms with Gasteiger partial charge in [0.1, 0.15) is 11.6 Å². The second kappa shape index (κ2) is 6.45. The summed E-state index contributed by atoms with van der Waals surface area (Å²) in [7, 11) is 1.84. The predicted molar refractivity (Wildman–Crippen MR) is 77.5 cm³/mol. The van der Waals surface area contributed by atoms with Gasteiger partial charge in [-0.05, 0) is 38.2 Å². The molecule has 4 nitrogen and oxygen atoms in total. The quantitative estimate of drug-likeness (QED) is 0.860. The number of aromatic nitrogens is 1. The van der Waals surface area contributed by atoms with Gasteiger partial charge in [-0.2, -0.15) is 0 Å². The number of phenols is 1. The van der Waals surface area contributed by atoms with E-state index in [2.05, 4.69) is 4.98 Å². The van der Waals surface area contributed by atoms with Gasteiger partial charge in [-0.3, -0.25) is 14.7 Å². The van der Waals surface area contributed by atoms with Crippen molar-refractivity contribution in [2.24, 2.45) is 0 Å². The Morgan fingerprint density at radius 3 is 2.71 bits per heavy atom. The number of pyridine rings is 1. The molecule has 21 heavy (non-hydrogen) atoms. The summed E-state index contributed by atoms with van der Waals surface area (Å²) in [4.78, 5) is 17.5. The third kappa shape index (κ3) is 3.86. The maximum atomic E-state index is 13.6. The van der Waals surface area contributed by atoms with Crippen LogP contribution in [0.5, 0.6) is 5.75 Å². The van der Waals surface area contributed by atoms with Gasteiger partial charge in [0, 0.05) is 24.8 Å². The molecule has 0 fully saturated rings. The van der Waals surface area contributed by atoms with Gasteiger partial charge in [0.15, 0.2) is 5.78 Å². The molecule has 1 aromatic heterocycles. The van der Waals surface area contributed by atoms with Crippen molar-refractivity contribution in [2.75, 3.05) is 7.05 Å². The molecule has 0 saturated carbocycles. The zero-order chi connectivity index (χ0) is 15.4. The van der Waals surface area contributed by atoms with Crippen molar-refractivity contribution in [3.63, 3.8) is 0 Å². The van der Waals surface area contributed by atoms with Gasteiger partial charge < -0.3 is 5.11 Å². The SMILES string of the molecule is CC(=O)c1cc(F)cc(CN(C)Cc2ccccn2)c1O. The molecule has 5 heteroatoms. The molecule has 1 heterocycles. The van der Waals surface area contributed by atoms with E-state index in [9.17, 15) is 14.3 Å². The summed E-state index contributed by atoms with van der Waals surface area (Å²) in [6.45, 7) is 2.18. The smallest absolute Gasteiger partial charge is 0.163 e. The Bertz CT molecular complexity index is 644. The molecule has 0 aliphatic rings. The van der Waals surface area contributed by atoms with Crippen LogP contribution < -0.4 is 0 Å². The Morgan fingerprint density at radius 1 is 1.33 bits per heavy atom. The molecular weight excluding hydrogens is 271 g/mol. The molecule has 1 N–H and O–H groups in total. The standard InChI is InChI=1S/C16H17FN2O2/c1-11(20)15-8-13(17)7-12(16(15)21)9-19(2)10-14-5-3-4-6-18-14/h3-8,21H,9-10H2,1-2H3. The summed E-state index contributed by atoms with van der Waals surface area (Å²) in [6, 6.07) is 7.92. The van der Waals surface area contributed by atoms with Gasteiger partial charge >= 0.3 is 0 Å². The molecule has 0 amide bonds. The van der Waals surface area contributed by atoms with Crippen LogP contribution in [0.1, 0.15) is 28.5 Å². The number of nitrogens with zero attached hydrogens (tertiary/aromatic N) is 2. The first-order chi connectivity index (χ1) is 9.97. The van der Waals surface area contributed by atoms with E-state index in [4.69, 9.17) is 0 Å². The van der Waals surface area contributed by atoms with Crippen LogP contribution in [0.25, 0.3) is 0 Å².